The summed E-state index contributed by atoms with van der Waals surface area (Å²) in [6.45, 7) is 13.6. The molecule has 1 rings (SSSR count). The Kier molecular flexibility index (Phi) is 30.2. The van der Waals surface area contributed by atoms with Gasteiger partial charge in [-0.25, -0.2) is 0 Å². The van der Waals surface area contributed by atoms with Crippen LogP contribution < -0.4 is 88.0 Å². The highest BCUT2D eigenvalue weighted by Gasteiger charge is 2.37. The number of amides is 11. The highest BCUT2D eigenvalue weighted by molar-refractivity contribution is 5.99. The minimum atomic E-state index is -1.69. The van der Waals surface area contributed by atoms with E-state index in [1.165, 1.54) is 0 Å². The summed E-state index contributed by atoms with van der Waals surface area (Å²) < 4.78 is 0. The number of primary amides is 2. The summed E-state index contributed by atoms with van der Waals surface area (Å²) in [6.07, 6.45) is -0.306. The molecule has 1 aliphatic rings. The first-order valence-corrected chi connectivity index (χ1v) is 26.1. The summed E-state index contributed by atoms with van der Waals surface area (Å²) in [5, 5.41) is 23.3. The van der Waals surface area contributed by atoms with Gasteiger partial charge in [0, 0.05) is 26.1 Å². The molecular weight excluding hydrogens is 1000 g/mol. The van der Waals surface area contributed by atoms with Crippen LogP contribution in [-0.4, -0.2) is 151 Å². The summed E-state index contributed by atoms with van der Waals surface area (Å²) in [7, 11) is 0. The fraction of sp³-hybridized carbons (Fsp3) is 0.729. The Bertz CT molecular complexity index is 2100. The van der Waals surface area contributed by atoms with Crippen molar-refractivity contribution >= 4 is 76.9 Å². The molecule has 0 saturated carbocycles. The van der Waals surface area contributed by atoms with Crippen molar-refractivity contribution in [1.29, 1.82) is 0 Å². The molecule has 77 heavy (non-hydrogen) atoms. The van der Waals surface area contributed by atoms with Crippen molar-refractivity contribution < 1.29 is 52.7 Å². The molecule has 1 saturated heterocycles. The number of hydrogen-bond donors (Lipinski definition) is 16. The average Bonchev–Trinajstić information content (AvgIpc) is 3.32. The lowest BCUT2D eigenvalue weighted by molar-refractivity contribution is -0.137. The third kappa shape index (κ3) is 26.8. The van der Waals surface area contributed by atoms with Crippen LogP contribution in [-0.2, 0) is 52.7 Å². The number of guanidine groups is 2. The van der Waals surface area contributed by atoms with Crippen LogP contribution in [0.2, 0.25) is 0 Å². The lowest BCUT2D eigenvalue weighted by Gasteiger charge is -2.30. The zero-order chi connectivity index (χ0) is 58.7. The van der Waals surface area contributed by atoms with E-state index in [1.807, 2.05) is 0 Å². The van der Waals surface area contributed by atoms with Crippen molar-refractivity contribution in [3.63, 3.8) is 0 Å². The second-order valence-electron chi connectivity index (χ2n) is 20.6. The average molecular weight is 1090 g/mol. The van der Waals surface area contributed by atoms with E-state index in [4.69, 9.17) is 40.1 Å². The molecule has 0 aromatic heterocycles. The van der Waals surface area contributed by atoms with Gasteiger partial charge in [0.15, 0.2) is 11.9 Å². The van der Waals surface area contributed by atoms with Gasteiger partial charge < -0.3 is 88.0 Å². The Labute approximate surface area is 450 Å². The van der Waals surface area contributed by atoms with Crippen molar-refractivity contribution in [1.82, 2.24) is 47.9 Å². The van der Waals surface area contributed by atoms with Gasteiger partial charge in [-0.05, 0) is 75.0 Å². The van der Waals surface area contributed by atoms with Crippen molar-refractivity contribution in [2.24, 2.45) is 73.8 Å². The Morgan fingerprint density at radius 2 is 1.13 bits per heavy atom. The van der Waals surface area contributed by atoms with Crippen LogP contribution in [0, 0.1) is 23.7 Å². The van der Waals surface area contributed by atoms with Gasteiger partial charge in [-0.1, -0.05) is 61.8 Å². The van der Waals surface area contributed by atoms with Gasteiger partial charge in [-0.15, -0.1) is 0 Å². The summed E-state index contributed by atoms with van der Waals surface area (Å²) >= 11 is 0. The van der Waals surface area contributed by atoms with Crippen LogP contribution in [0.5, 0.6) is 0 Å². The minimum absolute atomic E-state index is 0.0132. The molecule has 436 valence electrons. The molecule has 0 aromatic rings. The summed E-state index contributed by atoms with van der Waals surface area (Å²) in [5.41, 5.74) is 38.7. The van der Waals surface area contributed by atoms with Crippen LogP contribution in [0.3, 0.4) is 0 Å². The third-order valence-electron chi connectivity index (χ3n) is 12.2. The fourth-order valence-electron chi connectivity index (χ4n) is 7.87. The Hall–Kier alpha value is -7.33. The standard InChI is InChI=1S/C48H88N18O11/c1-9-26(8)37-46(77)64-32(20-25(6)7)44(75)65-34(22-58-40(71)33(21-36(68)66-37)61-39(70)27(49)12-10-16-56-47(52)53)45(76)60-29(13-11-17-57-48(54)55)41(72)62-31(19-24(4)5)43(74)63-30(18-23(2)3)42(73)59-28(38(51)69)14-15-35(50)67/h23-34,37H,9-22,49H2,1-8H3,(H2,50,67)(H2,51,69)(H,58,71)(H,59,73)(H,60,76)(H,61,70)(H,62,72)(H,63,74)(H,64,77)(H,65,75)(H,66,68)(H4,52,53,56)(H4,54,55,57)/t26-,27-,28-,29-,30-,31-,32-,33-,34-,37-/m0/s1. The summed E-state index contributed by atoms with van der Waals surface area (Å²) in [4.78, 5) is 157. The normalized spacial score (nSPS) is 19.7. The zero-order valence-corrected chi connectivity index (χ0v) is 45.8. The monoisotopic (exact) mass is 1090 g/mol. The van der Waals surface area contributed by atoms with E-state index in [0.717, 1.165) is 0 Å². The van der Waals surface area contributed by atoms with Crippen LogP contribution >= 0.6 is 0 Å². The van der Waals surface area contributed by atoms with E-state index < -0.39 is 138 Å². The first-order valence-electron chi connectivity index (χ1n) is 26.1. The number of carbonyl (C=O) groups is 11. The maximum atomic E-state index is 14.6. The van der Waals surface area contributed by atoms with Gasteiger partial charge in [-0.2, -0.15) is 0 Å². The Morgan fingerprint density at radius 1 is 0.610 bits per heavy atom. The van der Waals surface area contributed by atoms with E-state index in [1.54, 1.807) is 55.4 Å². The molecule has 29 nitrogen and oxygen atoms in total. The molecule has 1 heterocycles. The first-order chi connectivity index (χ1) is 35.9. The predicted molar refractivity (Wildman–Crippen MR) is 286 cm³/mol. The van der Waals surface area contributed by atoms with E-state index in [9.17, 15) is 52.7 Å². The van der Waals surface area contributed by atoms with E-state index in [0.29, 0.717) is 6.42 Å². The molecule has 1 fully saturated rings. The van der Waals surface area contributed by atoms with Crippen molar-refractivity contribution in [2.45, 2.75) is 180 Å². The molecule has 0 unspecified atom stereocenters. The number of nitrogens with zero attached hydrogens (tertiary/aromatic N) is 2. The molecule has 0 aliphatic carbocycles. The topological polar surface area (TPSA) is 503 Å². The van der Waals surface area contributed by atoms with Gasteiger partial charge in [0.2, 0.25) is 65.0 Å². The van der Waals surface area contributed by atoms with Crippen LogP contribution in [0.25, 0.3) is 0 Å². The van der Waals surface area contributed by atoms with Crippen molar-refractivity contribution in [3.8, 4) is 0 Å². The minimum Gasteiger partial charge on any atom is -0.370 e. The van der Waals surface area contributed by atoms with Crippen molar-refractivity contribution in [2.75, 3.05) is 19.6 Å². The molecule has 10 atom stereocenters. The van der Waals surface area contributed by atoms with Gasteiger partial charge in [0.25, 0.3) is 0 Å². The molecule has 29 heteroatoms. The molecule has 1 aliphatic heterocycles. The smallest absolute Gasteiger partial charge is 0.245 e. The summed E-state index contributed by atoms with van der Waals surface area (Å²) in [5.74, 6) is -10.9. The number of nitrogens with one attached hydrogen (secondary N) is 9. The Balaban J connectivity index is 3.81. The van der Waals surface area contributed by atoms with Crippen LogP contribution in [0.4, 0.5) is 0 Å². The van der Waals surface area contributed by atoms with Gasteiger partial charge >= 0.3 is 0 Å². The lowest BCUT2D eigenvalue weighted by atomic mass is 9.96. The van der Waals surface area contributed by atoms with Gasteiger partial charge in [-0.3, -0.25) is 62.7 Å². The number of rotatable bonds is 30. The highest BCUT2D eigenvalue weighted by Crippen LogP contribution is 2.14. The SMILES string of the molecule is CC[C@H](C)[C@@H]1NC(=O)C[C@H](NC(=O)[C@@H](N)CCCN=C(N)N)C(=O)NC[C@@H](C(=O)N[C@@H](CCCN=C(N)N)C(=O)N[C@@H](CC(C)C)C(=O)N[C@@H](CC(C)C)C(=O)N[C@@H](CCC(N)=O)C(N)=O)NC(=O)[C@H](CC(C)C)NC1=O. The molecule has 0 spiro atoms. The molecule has 0 bridgehead atoms. The summed E-state index contributed by atoms with van der Waals surface area (Å²) in [6, 6.07) is -12.3. The van der Waals surface area contributed by atoms with E-state index in [-0.39, 0.29) is 101 Å². The fourth-order valence-corrected chi connectivity index (χ4v) is 7.87. The lowest BCUT2D eigenvalue weighted by Crippen LogP contribution is -2.63. The maximum absolute atomic E-state index is 14.6. The van der Waals surface area contributed by atoms with Crippen LogP contribution in [0.15, 0.2) is 9.98 Å². The number of hydrogen-bond acceptors (Lipinski definition) is 14. The largest absolute Gasteiger partial charge is 0.370 e. The first kappa shape index (κ1) is 67.7. The second-order valence-corrected chi connectivity index (χ2v) is 20.6. The number of aliphatic imine (C=N–C) groups is 2. The molecular formula is C48H88N18O11. The maximum Gasteiger partial charge on any atom is 0.245 e. The van der Waals surface area contributed by atoms with E-state index >= 15 is 0 Å². The second kappa shape index (κ2) is 34.4. The number of nitrogens with two attached hydrogens (primary N) is 7. The zero-order valence-electron chi connectivity index (χ0n) is 45.8. The number of carbonyl (C=O) groups excluding carboxylic acids is 11. The van der Waals surface area contributed by atoms with Crippen molar-refractivity contribution in [3.05, 3.63) is 0 Å². The molecule has 0 aromatic carbocycles. The Morgan fingerprint density at radius 3 is 1.61 bits per heavy atom. The molecule has 0 radical (unpaired) electrons. The molecule has 11 amide bonds. The van der Waals surface area contributed by atoms with E-state index in [2.05, 4.69) is 57.8 Å². The highest BCUT2D eigenvalue weighted by atomic mass is 16.2. The predicted octanol–water partition coefficient (Wildman–Crippen LogP) is -5.25. The third-order valence-corrected chi connectivity index (χ3v) is 12.2. The molecule has 23 N–H and O–H groups in total. The van der Waals surface area contributed by atoms with Crippen LogP contribution in [0.1, 0.15) is 126 Å². The van der Waals surface area contributed by atoms with Gasteiger partial charge in [0.05, 0.1) is 12.5 Å². The van der Waals surface area contributed by atoms with Gasteiger partial charge in [0.1, 0.15) is 48.3 Å². The quantitative estimate of drug-likeness (QED) is 0.0182.